The third-order valence-corrected chi connectivity index (χ3v) is 8.13. The van der Waals surface area contributed by atoms with Crippen LogP contribution in [0.25, 0.3) is 10.9 Å². The van der Waals surface area contributed by atoms with E-state index in [1.54, 1.807) is 29.8 Å². The quantitative estimate of drug-likeness (QED) is 0.559. The van der Waals surface area contributed by atoms with Crippen LogP contribution in [-0.2, 0) is 21.9 Å². The summed E-state index contributed by atoms with van der Waals surface area (Å²) in [5.41, 5.74) is 4.00. The van der Waals surface area contributed by atoms with Crippen LogP contribution < -0.4 is 15.1 Å². The van der Waals surface area contributed by atoms with Gasteiger partial charge in [-0.1, -0.05) is 18.2 Å². The zero-order chi connectivity index (χ0) is 26.9. The molecule has 3 aromatic rings. The van der Waals surface area contributed by atoms with E-state index in [0.717, 1.165) is 22.3 Å². The van der Waals surface area contributed by atoms with E-state index in [-0.39, 0.29) is 29.8 Å². The first-order chi connectivity index (χ1) is 18.0. The summed E-state index contributed by atoms with van der Waals surface area (Å²) in [6.45, 7) is 6.70. The van der Waals surface area contributed by atoms with Gasteiger partial charge in [0.1, 0.15) is 17.7 Å². The Morgan fingerprint density at radius 3 is 2.74 bits per heavy atom. The van der Waals surface area contributed by atoms with Gasteiger partial charge in [0.25, 0.3) is 11.8 Å². The molecule has 38 heavy (non-hydrogen) atoms. The highest BCUT2D eigenvalue weighted by atomic mass is 19.3. The fraction of sp³-hybridized carbons (Fsp3) is 0.429. The SMILES string of the molecule is CC(=O)N1CCN2c3cc4c(N[C@H](C)c5cccc6c5CCC6(F)F)nc(C)nc4cc3N(C)C(=O)C2C1. The summed E-state index contributed by atoms with van der Waals surface area (Å²) in [6, 6.07) is 8.30. The first-order valence-corrected chi connectivity index (χ1v) is 12.9. The van der Waals surface area contributed by atoms with Crippen molar-refractivity contribution in [1.29, 1.82) is 0 Å². The predicted octanol–water partition coefficient (Wildman–Crippen LogP) is 4.16. The maximum absolute atomic E-state index is 14.4. The van der Waals surface area contributed by atoms with Crippen LogP contribution in [0.2, 0.25) is 0 Å². The van der Waals surface area contributed by atoms with Crippen LogP contribution in [0.15, 0.2) is 30.3 Å². The van der Waals surface area contributed by atoms with Crippen molar-refractivity contribution < 1.29 is 18.4 Å². The van der Waals surface area contributed by atoms with Gasteiger partial charge in [-0.25, -0.2) is 18.7 Å². The summed E-state index contributed by atoms with van der Waals surface area (Å²) < 4.78 is 28.8. The van der Waals surface area contributed by atoms with Crippen LogP contribution in [0.1, 0.15) is 48.8 Å². The van der Waals surface area contributed by atoms with Crippen molar-refractivity contribution in [2.45, 2.75) is 51.6 Å². The second-order valence-corrected chi connectivity index (χ2v) is 10.5. The van der Waals surface area contributed by atoms with Crippen molar-refractivity contribution in [1.82, 2.24) is 14.9 Å². The molecule has 1 fully saturated rings. The average Bonchev–Trinajstić information content (AvgIpc) is 3.20. The summed E-state index contributed by atoms with van der Waals surface area (Å²) in [7, 11) is 1.75. The van der Waals surface area contributed by atoms with E-state index >= 15 is 0 Å². The summed E-state index contributed by atoms with van der Waals surface area (Å²) in [6.07, 6.45) is 0.174. The number of nitrogens with zero attached hydrogens (tertiary/aromatic N) is 5. The second-order valence-electron chi connectivity index (χ2n) is 10.5. The third kappa shape index (κ3) is 3.76. The van der Waals surface area contributed by atoms with Gasteiger partial charge in [-0.2, -0.15) is 0 Å². The third-order valence-electron chi connectivity index (χ3n) is 8.13. The molecule has 2 aromatic carbocycles. The van der Waals surface area contributed by atoms with Gasteiger partial charge in [0.05, 0.1) is 29.5 Å². The number of hydrogen-bond acceptors (Lipinski definition) is 6. The number of anilines is 3. The zero-order valence-electron chi connectivity index (χ0n) is 21.9. The van der Waals surface area contributed by atoms with Gasteiger partial charge >= 0.3 is 0 Å². The van der Waals surface area contributed by atoms with Crippen LogP contribution in [-0.4, -0.2) is 59.4 Å². The molecule has 0 saturated carbocycles. The van der Waals surface area contributed by atoms with Gasteiger partial charge in [0, 0.05) is 44.4 Å². The van der Waals surface area contributed by atoms with E-state index < -0.39 is 12.0 Å². The molecule has 2 amide bonds. The molecule has 198 valence electrons. The lowest BCUT2D eigenvalue weighted by molar-refractivity contribution is -0.131. The van der Waals surface area contributed by atoms with Crippen molar-refractivity contribution in [2.24, 2.45) is 0 Å². The molecule has 2 aliphatic heterocycles. The first-order valence-electron chi connectivity index (χ1n) is 12.9. The van der Waals surface area contributed by atoms with Crippen LogP contribution >= 0.6 is 0 Å². The lowest BCUT2D eigenvalue weighted by atomic mass is 9.97. The number of aromatic nitrogens is 2. The van der Waals surface area contributed by atoms with E-state index in [2.05, 4.69) is 20.2 Å². The molecule has 10 heteroatoms. The number of alkyl halides is 2. The molecule has 1 aliphatic carbocycles. The number of nitrogens with one attached hydrogen (secondary N) is 1. The van der Waals surface area contributed by atoms with E-state index in [0.29, 0.717) is 48.8 Å². The van der Waals surface area contributed by atoms with Gasteiger partial charge in [0.2, 0.25) is 5.91 Å². The van der Waals surface area contributed by atoms with Crippen molar-refractivity contribution in [3.8, 4) is 0 Å². The fourth-order valence-electron chi connectivity index (χ4n) is 6.12. The molecular weight excluding hydrogens is 490 g/mol. The lowest BCUT2D eigenvalue weighted by Crippen LogP contribution is -2.62. The zero-order valence-corrected chi connectivity index (χ0v) is 21.9. The monoisotopic (exact) mass is 520 g/mol. The minimum atomic E-state index is -2.80. The minimum absolute atomic E-state index is 0.0427. The number of aryl methyl sites for hydroxylation is 1. The maximum atomic E-state index is 14.4. The van der Waals surface area contributed by atoms with Gasteiger partial charge in [0.15, 0.2) is 0 Å². The number of rotatable bonds is 3. The van der Waals surface area contributed by atoms with Gasteiger partial charge < -0.3 is 20.0 Å². The Balaban J connectivity index is 1.41. The van der Waals surface area contributed by atoms with Crippen molar-refractivity contribution >= 4 is 39.9 Å². The molecule has 6 rings (SSSR count). The van der Waals surface area contributed by atoms with E-state index in [1.165, 1.54) is 13.0 Å². The maximum Gasteiger partial charge on any atom is 0.273 e. The number of amides is 2. The number of carbonyl (C=O) groups is 2. The van der Waals surface area contributed by atoms with E-state index in [1.807, 2.05) is 25.1 Å². The Labute approximate surface area is 219 Å². The normalized spacial score (nSPS) is 20.7. The topological polar surface area (TPSA) is 81.7 Å². The molecule has 1 unspecified atom stereocenters. The Bertz CT molecular complexity index is 1490. The largest absolute Gasteiger partial charge is 0.363 e. The van der Waals surface area contributed by atoms with Crippen LogP contribution in [0.3, 0.4) is 0 Å². The van der Waals surface area contributed by atoms with Crippen molar-refractivity contribution in [3.05, 3.63) is 52.8 Å². The number of carbonyl (C=O) groups excluding carboxylic acids is 2. The summed E-state index contributed by atoms with van der Waals surface area (Å²) >= 11 is 0. The van der Waals surface area contributed by atoms with Crippen LogP contribution in [0, 0.1) is 6.92 Å². The lowest BCUT2D eigenvalue weighted by Gasteiger charge is -2.47. The standard InChI is InChI=1S/C28H30F2N6O2/c1-15(18-6-5-7-21-19(18)8-9-28(21,29)30)31-26-20-12-24-23(13-22(20)32-16(2)33-26)34(4)27(38)25-14-35(17(3)37)10-11-36(24)25/h5-7,12-13,15,25H,8-11,14H2,1-4H3,(H,31,32,33)/t15-,25?/m1/s1. The van der Waals surface area contributed by atoms with Crippen LogP contribution in [0.5, 0.6) is 0 Å². The smallest absolute Gasteiger partial charge is 0.273 e. The molecule has 8 nitrogen and oxygen atoms in total. The Kier molecular flexibility index (Phi) is 5.55. The molecule has 3 heterocycles. The summed E-state index contributed by atoms with van der Waals surface area (Å²) in [4.78, 5) is 40.0. The molecule has 0 bridgehead atoms. The molecule has 2 atom stereocenters. The predicted molar refractivity (Wildman–Crippen MR) is 142 cm³/mol. The van der Waals surface area contributed by atoms with E-state index in [9.17, 15) is 18.4 Å². The van der Waals surface area contributed by atoms with E-state index in [4.69, 9.17) is 0 Å². The Morgan fingerprint density at radius 2 is 1.97 bits per heavy atom. The molecule has 0 spiro atoms. The van der Waals surface area contributed by atoms with Gasteiger partial charge in [-0.05, 0) is 43.5 Å². The van der Waals surface area contributed by atoms with Crippen molar-refractivity contribution in [2.75, 3.05) is 41.8 Å². The number of halogens is 2. The highest BCUT2D eigenvalue weighted by molar-refractivity contribution is 6.09. The molecule has 1 N–H and O–H groups in total. The number of fused-ring (bicyclic) bond motifs is 5. The first kappa shape index (κ1) is 24.5. The number of likely N-dealkylation sites (N-methyl/N-ethyl adjacent to an activating group) is 1. The van der Waals surface area contributed by atoms with Gasteiger partial charge in [-0.3, -0.25) is 9.59 Å². The Hall–Kier alpha value is -3.82. The van der Waals surface area contributed by atoms with Crippen LogP contribution in [0.4, 0.5) is 26.0 Å². The highest BCUT2D eigenvalue weighted by Crippen LogP contribution is 2.45. The number of piperazine rings is 1. The second kappa shape index (κ2) is 8.61. The number of benzene rings is 2. The number of hydrogen-bond donors (Lipinski definition) is 1. The highest BCUT2D eigenvalue weighted by Gasteiger charge is 2.42. The molecular formula is C28H30F2N6O2. The minimum Gasteiger partial charge on any atom is -0.363 e. The fourth-order valence-corrected chi connectivity index (χ4v) is 6.12. The molecule has 1 aromatic heterocycles. The summed E-state index contributed by atoms with van der Waals surface area (Å²) in [5.74, 6) is -1.72. The molecule has 0 radical (unpaired) electrons. The average molecular weight is 521 g/mol. The van der Waals surface area contributed by atoms with Gasteiger partial charge in [-0.15, -0.1) is 0 Å². The molecule has 1 saturated heterocycles. The molecule has 3 aliphatic rings. The van der Waals surface area contributed by atoms with Crippen molar-refractivity contribution in [3.63, 3.8) is 0 Å². The Morgan fingerprint density at radius 1 is 1.18 bits per heavy atom. The summed E-state index contributed by atoms with van der Waals surface area (Å²) in [5, 5.41) is 4.26.